The van der Waals surface area contributed by atoms with Gasteiger partial charge in [-0.3, -0.25) is 4.79 Å². The van der Waals surface area contributed by atoms with E-state index in [2.05, 4.69) is 4.90 Å². The first kappa shape index (κ1) is 30.1. The Kier molecular flexibility index (Phi) is 10.4. The van der Waals surface area contributed by atoms with Crippen LogP contribution in [0.5, 0.6) is 5.75 Å². The van der Waals surface area contributed by atoms with Crippen molar-refractivity contribution in [2.75, 3.05) is 18.0 Å². The summed E-state index contributed by atoms with van der Waals surface area (Å²) in [5.41, 5.74) is 1.70. The Balaban J connectivity index is 2.08. The molecular weight excluding hydrogens is 567 g/mol. The highest BCUT2D eigenvalue weighted by atomic mass is 35.5. The van der Waals surface area contributed by atoms with Gasteiger partial charge in [-0.2, -0.15) is 8.42 Å². The molecule has 0 fully saturated rings. The highest BCUT2D eigenvalue weighted by Crippen LogP contribution is 2.32. The normalized spacial score (nSPS) is 12.2. The zero-order valence-corrected chi connectivity index (χ0v) is 24.8. The predicted octanol–water partition coefficient (Wildman–Crippen LogP) is 7.70. The van der Waals surface area contributed by atoms with E-state index in [4.69, 9.17) is 39.0 Å². The smallest absolute Gasteiger partial charge is 0.339 e. The van der Waals surface area contributed by atoms with Crippen LogP contribution < -0.4 is 9.08 Å². The van der Waals surface area contributed by atoms with Crippen LogP contribution in [-0.2, 0) is 16.7 Å². The van der Waals surface area contributed by atoms with E-state index in [1.54, 1.807) is 41.3 Å². The number of hydrogen-bond acceptors (Lipinski definition) is 5. The van der Waals surface area contributed by atoms with Crippen molar-refractivity contribution in [2.24, 2.45) is 0 Å². The molecule has 10 heteroatoms. The molecule has 0 spiro atoms. The second-order valence-corrected chi connectivity index (χ2v) is 11.5. The summed E-state index contributed by atoms with van der Waals surface area (Å²) in [4.78, 5) is 17.2. The van der Waals surface area contributed by atoms with Crippen molar-refractivity contribution in [3.63, 3.8) is 0 Å². The summed E-state index contributed by atoms with van der Waals surface area (Å²) in [6, 6.07) is 16.1. The maximum Gasteiger partial charge on any atom is 0.339 e. The number of rotatable bonds is 11. The lowest BCUT2D eigenvalue weighted by Gasteiger charge is -2.30. The third-order valence-electron chi connectivity index (χ3n) is 6.39. The predicted molar refractivity (Wildman–Crippen MR) is 155 cm³/mol. The van der Waals surface area contributed by atoms with Gasteiger partial charge < -0.3 is 14.0 Å². The van der Waals surface area contributed by atoms with Gasteiger partial charge >= 0.3 is 10.1 Å². The second kappa shape index (κ2) is 13.1. The van der Waals surface area contributed by atoms with Gasteiger partial charge in [-0.1, -0.05) is 59.9 Å². The minimum Gasteiger partial charge on any atom is -0.379 e. The summed E-state index contributed by atoms with van der Waals surface area (Å²) in [5.74, 6) is -0.128. The Morgan fingerprint density at radius 2 is 1.58 bits per heavy atom. The topological polar surface area (TPSA) is 66.9 Å². The van der Waals surface area contributed by atoms with Crippen molar-refractivity contribution < 1.29 is 17.4 Å². The summed E-state index contributed by atoms with van der Waals surface area (Å²) >= 11 is 18.4. The van der Waals surface area contributed by atoms with E-state index in [0.717, 1.165) is 18.8 Å². The molecule has 3 aromatic carbocycles. The van der Waals surface area contributed by atoms with Crippen LogP contribution in [-0.4, -0.2) is 38.4 Å². The fourth-order valence-electron chi connectivity index (χ4n) is 3.96. The molecule has 1 unspecified atom stereocenters. The van der Waals surface area contributed by atoms with Crippen LogP contribution in [0, 0.1) is 0 Å². The minimum absolute atomic E-state index is 0.0988. The SMILES string of the molecule is CCC(C)N(Cc1ccc(N(CC)CC)cc1OS(=O)(=O)c1ccc(Cl)c(Cl)c1)C(=O)c1ccccc1Cl. The van der Waals surface area contributed by atoms with Crippen LogP contribution in [0.3, 0.4) is 0 Å². The average molecular weight is 598 g/mol. The van der Waals surface area contributed by atoms with E-state index in [1.165, 1.54) is 18.2 Å². The van der Waals surface area contributed by atoms with Gasteiger partial charge in [0.25, 0.3) is 5.91 Å². The molecule has 0 saturated heterocycles. The Hall–Kier alpha value is -2.45. The van der Waals surface area contributed by atoms with Crippen LogP contribution in [0.2, 0.25) is 15.1 Å². The van der Waals surface area contributed by atoms with Crippen LogP contribution in [0.1, 0.15) is 50.0 Å². The Morgan fingerprint density at radius 3 is 2.18 bits per heavy atom. The zero-order chi connectivity index (χ0) is 28.0. The Labute approximate surface area is 240 Å². The molecule has 1 atom stereocenters. The summed E-state index contributed by atoms with van der Waals surface area (Å²) in [7, 11) is -4.26. The highest BCUT2D eigenvalue weighted by Gasteiger charge is 2.26. The lowest BCUT2D eigenvalue weighted by molar-refractivity contribution is 0.0671. The number of carbonyl (C=O) groups is 1. The summed E-state index contributed by atoms with van der Waals surface area (Å²) in [5, 5.41) is 0.681. The summed E-state index contributed by atoms with van der Waals surface area (Å²) < 4.78 is 32.3. The minimum atomic E-state index is -4.26. The maximum absolute atomic E-state index is 13.6. The van der Waals surface area contributed by atoms with E-state index in [1.807, 2.05) is 33.8 Å². The molecule has 0 aromatic heterocycles. The van der Waals surface area contributed by atoms with Crippen LogP contribution in [0.4, 0.5) is 5.69 Å². The van der Waals surface area contributed by atoms with Gasteiger partial charge in [-0.25, -0.2) is 0 Å². The van der Waals surface area contributed by atoms with Gasteiger partial charge in [0.2, 0.25) is 0 Å². The fraction of sp³-hybridized carbons (Fsp3) is 0.321. The summed E-state index contributed by atoms with van der Waals surface area (Å²) in [6.07, 6.45) is 0.686. The monoisotopic (exact) mass is 596 g/mol. The number of halogens is 3. The molecule has 3 aromatic rings. The Morgan fingerprint density at radius 1 is 0.895 bits per heavy atom. The lowest BCUT2D eigenvalue weighted by atomic mass is 10.1. The molecule has 0 saturated carbocycles. The van der Waals surface area contributed by atoms with Crippen molar-refractivity contribution in [2.45, 2.75) is 51.6 Å². The summed E-state index contributed by atoms with van der Waals surface area (Å²) in [6.45, 7) is 9.50. The number of amides is 1. The third-order valence-corrected chi connectivity index (χ3v) is 8.69. The maximum atomic E-state index is 13.6. The van der Waals surface area contributed by atoms with Crippen LogP contribution in [0.15, 0.2) is 65.6 Å². The van der Waals surface area contributed by atoms with E-state index in [-0.39, 0.29) is 39.2 Å². The fourth-order valence-corrected chi connectivity index (χ4v) is 5.52. The molecule has 1 amide bonds. The van der Waals surface area contributed by atoms with Crippen molar-refractivity contribution in [1.29, 1.82) is 0 Å². The van der Waals surface area contributed by atoms with Crippen LogP contribution >= 0.6 is 34.8 Å². The first-order valence-electron chi connectivity index (χ1n) is 12.3. The van der Waals surface area contributed by atoms with E-state index < -0.39 is 10.1 Å². The molecule has 3 rings (SSSR count). The number of carbonyl (C=O) groups excluding carboxylic acids is 1. The van der Waals surface area contributed by atoms with Crippen molar-refractivity contribution in [3.8, 4) is 5.75 Å². The first-order chi connectivity index (χ1) is 18.0. The quantitative estimate of drug-likeness (QED) is 0.212. The molecule has 0 N–H and O–H groups in total. The van der Waals surface area contributed by atoms with E-state index in [9.17, 15) is 13.2 Å². The standard InChI is InChI=1S/C28H31Cl3N2O4S/c1-5-19(4)33(28(34)23-10-8-9-11-24(23)29)18-20-12-13-21(32(6-2)7-3)16-27(20)37-38(35,36)22-14-15-25(30)26(31)17-22/h8-17,19H,5-7,18H2,1-4H3. The van der Waals surface area contributed by atoms with Crippen molar-refractivity contribution in [1.82, 2.24) is 4.90 Å². The first-order valence-corrected chi connectivity index (χ1v) is 14.9. The van der Waals surface area contributed by atoms with E-state index >= 15 is 0 Å². The average Bonchev–Trinajstić information content (AvgIpc) is 2.89. The van der Waals surface area contributed by atoms with Gasteiger partial charge in [-0.05, 0) is 63.6 Å². The molecule has 0 heterocycles. The van der Waals surface area contributed by atoms with Gasteiger partial charge in [0, 0.05) is 43.0 Å². The molecule has 204 valence electrons. The molecule has 0 aliphatic heterocycles. The zero-order valence-electron chi connectivity index (χ0n) is 21.7. The highest BCUT2D eigenvalue weighted by molar-refractivity contribution is 7.87. The van der Waals surface area contributed by atoms with Crippen molar-refractivity contribution >= 4 is 56.5 Å². The van der Waals surface area contributed by atoms with E-state index in [0.29, 0.717) is 22.6 Å². The largest absolute Gasteiger partial charge is 0.379 e. The molecule has 0 aliphatic rings. The number of hydrogen-bond donors (Lipinski definition) is 0. The molecule has 0 radical (unpaired) electrons. The lowest BCUT2D eigenvalue weighted by Crippen LogP contribution is -2.38. The Bertz CT molecular complexity index is 1390. The van der Waals surface area contributed by atoms with Gasteiger partial charge in [0.15, 0.2) is 0 Å². The molecule has 0 aliphatic carbocycles. The second-order valence-electron chi connectivity index (χ2n) is 8.75. The van der Waals surface area contributed by atoms with Gasteiger partial charge in [0.05, 0.1) is 20.6 Å². The third kappa shape index (κ3) is 6.94. The number of benzene rings is 3. The molecule has 6 nitrogen and oxygen atoms in total. The number of anilines is 1. The molecule has 0 bridgehead atoms. The van der Waals surface area contributed by atoms with Crippen molar-refractivity contribution in [3.05, 3.63) is 86.9 Å². The number of nitrogens with zero attached hydrogens (tertiary/aromatic N) is 2. The molecular formula is C28H31Cl3N2O4S. The van der Waals surface area contributed by atoms with Gasteiger partial charge in [0.1, 0.15) is 10.6 Å². The van der Waals surface area contributed by atoms with Crippen LogP contribution in [0.25, 0.3) is 0 Å². The van der Waals surface area contributed by atoms with Gasteiger partial charge in [-0.15, -0.1) is 0 Å². The molecule has 38 heavy (non-hydrogen) atoms.